The van der Waals surface area contributed by atoms with Gasteiger partial charge in [-0.3, -0.25) is 14.5 Å². The van der Waals surface area contributed by atoms with Gasteiger partial charge in [-0.05, 0) is 18.9 Å². The first-order chi connectivity index (χ1) is 10.9. The summed E-state index contributed by atoms with van der Waals surface area (Å²) in [5, 5.41) is 0. The highest BCUT2D eigenvalue weighted by atomic mass is 16.2. The van der Waals surface area contributed by atoms with Gasteiger partial charge in [0.2, 0.25) is 11.8 Å². The summed E-state index contributed by atoms with van der Waals surface area (Å²) in [7, 11) is 3.38. The highest BCUT2D eigenvalue weighted by Crippen LogP contribution is 2.19. The van der Waals surface area contributed by atoms with Crippen LogP contribution in [0.25, 0.3) is 0 Å². The minimum Gasteiger partial charge on any atom is -0.339 e. The Morgan fingerprint density at radius 3 is 2.48 bits per heavy atom. The lowest BCUT2D eigenvalue weighted by Crippen LogP contribution is -2.34. The van der Waals surface area contributed by atoms with Gasteiger partial charge in [-0.1, -0.05) is 30.3 Å². The lowest BCUT2D eigenvalue weighted by molar-refractivity contribution is -0.132. The highest BCUT2D eigenvalue weighted by molar-refractivity contribution is 6.01. The van der Waals surface area contributed by atoms with Gasteiger partial charge in [-0.2, -0.15) is 0 Å². The Kier molecular flexibility index (Phi) is 5.36. The number of hydrogen-bond donors (Lipinski definition) is 0. The molecule has 0 N–H and O–H groups in total. The van der Waals surface area contributed by atoms with Crippen molar-refractivity contribution in [2.24, 2.45) is 0 Å². The Balaban J connectivity index is 1.83. The van der Waals surface area contributed by atoms with Crippen molar-refractivity contribution in [2.75, 3.05) is 27.2 Å². The molecule has 1 unspecified atom stereocenters. The number of imide groups is 1. The van der Waals surface area contributed by atoms with E-state index in [0.717, 1.165) is 5.56 Å². The number of rotatable bonds is 6. The van der Waals surface area contributed by atoms with Crippen LogP contribution in [0.15, 0.2) is 30.3 Å². The number of urea groups is 1. The molecule has 6 nitrogen and oxygen atoms in total. The maximum absolute atomic E-state index is 12.3. The molecule has 0 spiro atoms. The smallest absolute Gasteiger partial charge is 0.326 e. The summed E-state index contributed by atoms with van der Waals surface area (Å²) in [5.41, 5.74) is 1.08. The fourth-order valence-electron chi connectivity index (χ4n) is 2.62. The average Bonchev–Trinajstić information content (AvgIpc) is 2.80. The van der Waals surface area contributed by atoms with Gasteiger partial charge in [-0.15, -0.1) is 0 Å². The summed E-state index contributed by atoms with van der Waals surface area (Å²) in [6, 6.07) is 9.53. The molecule has 1 saturated heterocycles. The van der Waals surface area contributed by atoms with E-state index in [4.69, 9.17) is 0 Å². The van der Waals surface area contributed by atoms with Crippen molar-refractivity contribution in [1.82, 2.24) is 14.7 Å². The van der Waals surface area contributed by atoms with Gasteiger partial charge in [0, 0.05) is 27.1 Å². The van der Waals surface area contributed by atoms with Crippen LogP contribution in [0.5, 0.6) is 0 Å². The molecule has 0 aliphatic carbocycles. The lowest BCUT2D eigenvalue weighted by Gasteiger charge is -2.25. The normalized spacial score (nSPS) is 16.0. The van der Waals surface area contributed by atoms with Gasteiger partial charge in [-0.25, -0.2) is 4.79 Å². The van der Waals surface area contributed by atoms with Gasteiger partial charge in [0.15, 0.2) is 0 Å². The van der Waals surface area contributed by atoms with Crippen LogP contribution < -0.4 is 0 Å². The van der Waals surface area contributed by atoms with Crippen molar-refractivity contribution in [3.8, 4) is 0 Å². The lowest BCUT2D eigenvalue weighted by atomic mass is 10.1. The molecule has 23 heavy (non-hydrogen) atoms. The molecule has 0 aromatic heterocycles. The average molecular weight is 317 g/mol. The van der Waals surface area contributed by atoms with Crippen LogP contribution >= 0.6 is 0 Å². The number of carbonyl (C=O) groups excluding carboxylic acids is 3. The maximum atomic E-state index is 12.3. The zero-order valence-electron chi connectivity index (χ0n) is 13.9. The number of likely N-dealkylation sites (N-methyl/N-ethyl adjacent to an activating group) is 1. The van der Waals surface area contributed by atoms with E-state index in [2.05, 4.69) is 0 Å². The van der Waals surface area contributed by atoms with E-state index in [9.17, 15) is 14.4 Å². The summed E-state index contributed by atoms with van der Waals surface area (Å²) >= 11 is 0. The van der Waals surface area contributed by atoms with Crippen LogP contribution in [0.1, 0.15) is 31.4 Å². The van der Waals surface area contributed by atoms with E-state index in [0.29, 0.717) is 19.4 Å². The Labute approximate surface area is 136 Å². The second-order valence-electron chi connectivity index (χ2n) is 5.88. The summed E-state index contributed by atoms with van der Waals surface area (Å²) in [6.45, 7) is 2.40. The highest BCUT2D eigenvalue weighted by Gasteiger charge is 2.33. The number of benzene rings is 1. The van der Waals surface area contributed by atoms with E-state index in [1.807, 2.05) is 37.3 Å². The largest absolute Gasteiger partial charge is 0.339 e. The minimum atomic E-state index is -0.284. The molecule has 0 radical (unpaired) electrons. The predicted octanol–water partition coefficient (Wildman–Crippen LogP) is 1.88. The van der Waals surface area contributed by atoms with Crippen LogP contribution in [0.3, 0.4) is 0 Å². The third-order valence-electron chi connectivity index (χ3n) is 4.26. The molecule has 0 saturated carbocycles. The second-order valence-corrected chi connectivity index (χ2v) is 5.88. The van der Waals surface area contributed by atoms with Crippen LogP contribution in [-0.2, 0) is 9.59 Å². The maximum Gasteiger partial charge on any atom is 0.326 e. The fraction of sp³-hybridized carbons (Fsp3) is 0.471. The van der Waals surface area contributed by atoms with Crippen LogP contribution in [0.2, 0.25) is 0 Å². The van der Waals surface area contributed by atoms with Crippen molar-refractivity contribution in [3.05, 3.63) is 35.9 Å². The second kappa shape index (κ2) is 7.26. The van der Waals surface area contributed by atoms with Crippen molar-refractivity contribution >= 4 is 17.8 Å². The Bertz CT molecular complexity index is 588. The van der Waals surface area contributed by atoms with Gasteiger partial charge < -0.3 is 9.80 Å². The quantitative estimate of drug-likeness (QED) is 0.753. The van der Waals surface area contributed by atoms with E-state index in [-0.39, 0.29) is 30.4 Å². The van der Waals surface area contributed by atoms with Gasteiger partial charge in [0.25, 0.3) is 0 Å². The van der Waals surface area contributed by atoms with E-state index >= 15 is 0 Å². The summed E-state index contributed by atoms with van der Waals surface area (Å²) in [4.78, 5) is 40.0. The van der Waals surface area contributed by atoms with Gasteiger partial charge in [0.1, 0.15) is 6.54 Å². The van der Waals surface area contributed by atoms with E-state index < -0.39 is 0 Å². The topological polar surface area (TPSA) is 60.9 Å². The summed E-state index contributed by atoms with van der Waals surface area (Å²) < 4.78 is 0. The zero-order chi connectivity index (χ0) is 17.0. The number of nitrogens with zero attached hydrogens (tertiary/aromatic N) is 3. The third-order valence-corrected chi connectivity index (χ3v) is 4.26. The van der Waals surface area contributed by atoms with E-state index in [1.165, 1.54) is 9.80 Å². The van der Waals surface area contributed by atoms with Crippen molar-refractivity contribution in [2.45, 2.75) is 25.8 Å². The standard InChI is InChI=1S/C17H23N3O3/c1-13(14-8-5-4-6-9-14)19(3)15(21)10-7-11-20-16(22)12-18(2)17(20)23/h4-6,8-9,13H,7,10-12H2,1-3H3. The third kappa shape index (κ3) is 3.88. The molecule has 1 fully saturated rings. The number of hydrogen-bond acceptors (Lipinski definition) is 3. The summed E-state index contributed by atoms with van der Waals surface area (Å²) in [5.74, 6) is -0.190. The zero-order valence-corrected chi connectivity index (χ0v) is 13.9. The molecule has 124 valence electrons. The predicted molar refractivity (Wildman–Crippen MR) is 86.6 cm³/mol. The molecule has 1 aromatic rings. The van der Waals surface area contributed by atoms with Gasteiger partial charge in [0.05, 0.1) is 6.04 Å². The molecule has 0 bridgehead atoms. The van der Waals surface area contributed by atoms with Gasteiger partial charge >= 0.3 is 6.03 Å². The van der Waals surface area contributed by atoms with Crippen LogP contribution in [0.4, 0.5) is 4.79 Å². The molecule has 1 aromatic carbocycles. The Morgan fingerprint density at radius 2 is 1.91 bits per heavy atom. The molecule has 2 rings (SSSR count). The van der Waals surface area contributed by atoms with Crippen molar-refractivity contribution in [3.63, 3.8) is 0 Å². The molecular formula is C17H23N3O3. The fourth-order valence-corrected chi connectivity index (χ4v) is 2.62. The Hall–Kier alpha value is -2.37. The summed E-state index contributed by atoms with van der Waals surface area (Å²) in [6.07, 6.45) is 0.796. The van der Waals surface area contributed by atoms with Crippen LogP contribution in [0, 0.1) is 0 Å². The number of amides is 4. The van der Waals surface area contributed by atoms with Crippen molar-refractivity contribution < 1.29 is 14.4 Å². The first-order valence-electron chi connectivity index (χ1n) is 7.78. The Morgan fingerprint density at radius 1 is 1.26 bits per heavy atom. The molecule has 4 amide bonds. The van der Waals surface area contributed by atoms with E-state index in [1.54, 1.807) is 19.0 Å². The molecule has 1 aliphatic heterocycles. The SMILES string of the molecule is CC(c1ccccc1)N(C)C(=O)CCCN1C(=O)CN(C)C1=O. The minimum absolute atomic E-state index is 0.00815. The number of carbonyl (C=O) groups is 3. The molecule has 1 heterocycles. The monoisotopic (exact) mass is 317 g/mol. The molecule has 1 aliphatic rings. The van der Waals surface area contributed by atoms with Crippen LogP contribution in [-0.4, -0.2) is 59.7 Å². The first kappa shape index (κ1) is 17.0. The molecule has 6 heteroatoms. The molecular weight excluding hydrogens is 294 g/mol. The molecule has 1 atom stereocenters. The van der Waals surface area contributed by atoms with Crippen molar-refractivity contribution in [1.29, 1.82) is 0 Å². The first-order valence-corrected chi connectivity index (χ1v) is 7.78.